The highest BCUT2D eigenvalue weighted by atomic mass is 79.9. The van der Waals surface area contributed by atoms with Gasteiger partial charge in [0, 0.05) is 10.7 Å². The van der Waals surface area contributed by atoms with E-state index in [9.17, 15) is 9.59 Å². The third-order valence-corrected chi connectivity index (χ3v) is 3.24. The van der Waals surface area contributed by atoms with Crippen LogP contribution in [0.4, 0.5) is 5.69 Å². The molecule has 1 N–H and O–H groups in total. The van der Waals surface area contributed by atoms with E-state index in [1.165, 1.54) is 13.3 Å². The number of pyridine rings is 1. The van der Waals surface area contributed by atoms with Gasteiger partial charge in [-0.3, -0.25) is 14.6 Å². The fourth-order valence-corrected chi connectivity index (χ4v) is 2.15. The summed E-state index contributed by atoms with van der Waals surface area (Å²) in [5.41, 5.74) is 1.56. The van der Waals surface area contributed by atoms with Crippen LogP contribution >= 0.6 is 15.9 Å². The Morgan fingerprint density at radius 2 is 2.00 bits per heavy atom. The summed E-state index contributed by atoms with van der Waals surface area (Å²) >= 11 is 3.27. The second kappa shape index (κ2) is 6.49. The fourth-order valence-electron chi connectivity index (χ4n) is 1.79. The van der Waals surface area contributed by atoms with Gasteiger partial charge in [-0.05, 0) is 36.8 Å². The number of benzene rings is 1. The zero-order valence-electron chi connectivity index (χ0n) is 11.5. The second-order valence-electron chi connectivity index (χ2n) is 4.38. The number of ketones is 1. The Labute approximate surface area is 130 Å². The average Bonchev–Trinajstić information content (AvgIpc) is 2.46. The first-order valence-electron chi connectivity index (χ1n) is 6.12. The van der Waals surface area contributed by atoms with Crippen LogP contribution in [0.3, 0.4) is 0 Å². The van der Waals surface area contributed by atoms with Gasteiger partial charge in [0.25, 0.3) is 11.7 Å². The van der Waals surface area contributed by atoms with Gasteiger partial charge < -0.3 is 10.1 Å². The molecule has 0 fully saturated rings. The molecule has 1 aromatic heterocycles. The van der Waals surface area contributed by atoms with Gasteiger partial charge in [0.2, 0.25) is 0 Å². The smallest absolute Gasteiger partial charge is 0.296 e. The Balaban J connectivity index is 2.23. The van der Waals surface area contributed by atoms with E-state index in [1.54, 1.807) is 30.5 Å². The number of aromatic nitrogens is 1. The van der Waals surface area contributed by atoms with E-state index in [0.29, 0.717) is 15.9 Å². The summed E-state index contributed by atoms with van der Waals surface area (Å²) in [7, 11) is 1.45. The number of anilines is 1. The van der Waals surface area contributed by atoms with Crippen LogP contribution < -0.4 is 10.1 Å². The van der Waals surface area contributed by atoms with E-state index in [0.717, 1.165) is 5.56 Å². The van der Waals surface area contributed by atoms with Crippen LogP contribution in [0.5, 0.6) is 5.75 Å². The molecule has 0 aliphatic carbocycles. The summed E-state index contributed by atoms with van der Waals surface area (Å²) in [5.74, 6) is -1.06. The van der Waals surface area contributed by atoms with Gasteiger partial charge in [0.15, 0.2) is 0 Å². The van der Waals surface area contributed by atoms with Crippen molar-refractivity contribution in [2.45, 2.75) is 6.92 Å². The molecule has 0 saturated carbocycles. The van der Waals surface area contributed by atoms with Gasteiger partial charge in [-0.1, -0.05) is 15.9 Å². The maximum atomic E-state index is 12.2. The summed E-state index contributed by atoms with van der Waals surface area (Å²) in [4.78, 5) is 28.2. The van der Waals surface area contributed by atoms with Gasteiger partial charge in [0.05, 0.1) is 24.6 Å². The van der Waals surface area contributed by atoms with E-state index in [2.05, 4.69) is 26.2 Å². The molecule has 0 unspecified atom stereocenters. The largest absolute Gasteiger partial charge is 0.496 e. The van der Waals surface area contributed by atoms with E-state index >= 15 is 0 Å². The maximum Gasteiger partial charge on any atom is 0.296 e. The molecule has 108 valence electrons. The van der Waals surface area contributed by atoms with Crippen molar-refractivity contribution in [2.75, 3.05) is 12.4 Å². The Morgan fingerprint density at radius 1 is 1.24 bits per heavy atom. The summed E-state index contributed by atoms with van der Waals surface area (Å²) in [6.07, 6.45) is 3.14. The molecular weight excluding hydrogens is 336 g/mol. The average molecular weight is 349 g/mol. The van der Waals surface area contributed by atoms with Gasteiger partial charge in [-0.25, -0.2) is 0 Å². The predicted octanol–water partition coefficient (Wildman–Crippen LogP) is 2.98. The van der Waals surface area contributed by atoms with E-state index in [1.807, 2.05) is 6.92 Å². The van der Waals surface area contributed by atoms with Gasteiger partial charge in [-0.2, -0.15) is 0 Å². The molecule has 1 heterocycles. The normalized spacial score (nSPS) is 10.0. The molecule has 0 spiro atoms. The molecule has 1 aromatic carbocycles. The van der Waals surface area contributed by atoms with E-state index in [-0.39, 0.29) is 5.56 Å². The zero-order chi connectivity index (χ0) is 15.4. The van der Waals surface area contributed by atoms with Crippen molar-refractivity contribution in [3.8, 4) is 5.75 Å². The Morgan fingerprint density at radius 3 is 2.67 bits per heavy atom. The summed E-state index contributed by atoms with van der Waals surface area (Å²) in [6.45, 7) is 1.85. The molecular formula is C15H13BrN2O3. The molecule has 5 nitrogen and oxygen atoms in total. The van der Waals surface area contributed by atoms with Crippen molar-refractivity contribution in [2.24, 2.45) is 0 Å². The number of Topliss-reactive ketones (excluding diaryl/α,β-unsaturated/α-hetero) is 1. The number of hydrogen-bond donors (Lipinski definition) is 1. The zero-order valence-corrected chi connectivity index (χ0v) is 13.1. The molecule has 0 bridgehead atoms. The molecule has 0 saturated heterocycles. The lowest BCUT2D eigenvalue weighted by molar-refractivity contribution is -0.112. The Bertz CT molecular complexity index is 701. The number of amides is 1. The first-order chi connectivity index (χ1) is 10.0. The monoisotopic (exact) mass is 348 g/mol. The predicted molar refractivity (Wildman–Crippen MR) is 82.6 cm³/mol. The van der Waals surface area contributed by atoms with Gasteiger partial charge in [-0.15, -0.1) is 0 Å². The van der Waals surface area contributed by atoms with Crippen LogP contribution in [0.15, 0.2) is 41.1 Å². The van der Waals surface area contributed by atoms with Crippen LogP contribution in [0.1, 0.15) is 15.9 Å². The van der Waals surface area contributed by atoms with Gasteiger partial charge >= 0.3 is 0 Å². The van der Waals surface area contributed by atoms with Crippen molar-refractivity contribution in [3.63, 3.8) is 0 Å². The molecule has 1 amide bonds. The van der Waals surface area contributed by atoms with Crippen LogP contribution in [0, 0.1) is 6.92 Å². The highest BCUT2D eigenvalue weighted by molar-refractivity contribution is 9.10. The Kier molecular flexibility index (Phi) is 4.70. The second-order valence-corrected chi connectivity index (χ2v) is 5.29. The summed E-state index contributed by atoms with van der Waals surface area (Å²) < 4.78 is 5.80. The summed E-state index contributed by atoms with van der Waals surface area (Å²) in [5, 5.41) is 2.53. The lowest BCUT2D eigenvalue weighted by Crippen LogP contribution is -2.23. The minimum absolute atomic E-state index is 0.199. The third-order valence-electron chi connectivity index (χ3n) is 2.75. The van der Waals surface area contributed by atoms with Crippen LogP contribution in [-0.2, 0) is 4.79 Å². The lowest BCUT2D eigenvalue weighted by atomic mass is 10.1. The molecule has 0 aliphatic heterocycles. The number of ether oxygens (including phenoxy) is 1. The summed E-state index contributed by atoms with van der Waals surface area (Å²) in [6, 6.07) is 6.64. The molecule has 2 rings (SSSR count). The van der Waals surface area contributed by atoms with Crippen LogP contribution in [0.25, 0.3) is 0 Å². The maximum absolute atomic E-state index is 12.2. The van der Waals surface area contributed by atoms with Crippen molar-refractivity contribution in [3.05, 3.63) is 52.3 Å². The van der Waals surface area contributed by atoms with Crippen molar-refractivity contribution in [1.29, 1.82) is 0 Å². The van der Waals surface area contributed by atoms with Crippen molar-refractivity contribution < 1.29 is 14.3 Å². The highest BCUT2D eigenvalue weighted by Gasteiger charge is 2.21. The highest BCUT2D eigenvalue weighted by Crippen LogP contribution is 2.23. The molecule has 0 radical (unpaired) electrons. The Hall–Kier alpha value is -2.21. The van der Waals surface area contributed by atoms with Crippen LogP contribution in [0.2, 0.25) is 0 Å². The molecule has 6 heteroatoms. The van der Waals surface area contributed by atoms with Crippen molar-refractivity contribution >= 4 is 33.3 Å². The molecule has 0 atom stereocenters. The number of nitrogens with one attached hydrogen (secondary N) is 1. The number of carbonyl (C=O) groups excluding carboxylic acids is 2. The first kappa shape index (κ1) is 15.2. The molecule has 2 aromatic rings. The number of halogens is 1. The standard InChI is InChI=1S/C15H13BrN2O3/c1-9-5-11(8-17-7-9)18-15(20)14(19)12-6-10(16)3-4-13(12)21-2/h3-8H,1-2H3,(H,18,20). The molecule has 0 aliphatic rings. The van der Waals surface area contributed by atoms with Crippen LogP contribution in [-0.4, -0.2) is 23.8 Å². The number of carbonyl (C=O) groups is 2. The number of methoxy groups -OCH3 is 1. The van der Waals surface area contributed by atoms with E-state index < -0.39 is 11.7 Å². The SMILES string of the molecule is COc1ccc(Br)cc1C(=O)C(=O)Nc1cncc(C)c1. The van der Waals surface area contributed by atoms with Crippen molar-refractivity contribution in [1.82, 2.24) is 4.98 Å². The minimum atomic E-state index is -0.737. The lowest BCUT2D eigenvalue weighted by Gasteiger charge is -2.08. The van der Waals surface area contributed by atoms with Gasteiger partial charge in [0.1, 0.15) is 5.75 Å². The first-order valence-corrected chi connectivity index (χ1v) is 6.91. The molecule has 21 heavy (non-hydrogen) atoms. The fraction of sp³-hybridized carbons (Fsp3) is 0.133. The van der Waals surface area contributed by atoms with E-state index in [4.69, 9.17) is 4.74 Å². The topological polar surface area (TPSA) is 68.3 Å². The quantitative estimate of drug-likeness (QED) is 0.681. The third kappa shape index (κ3) is 3.66. The minimum Gasteiger partial charge on any atom is -0.496 e. The number of rotatable bonds is 4. The number of hydrogen-bond acceptors (Lipinski definition) is 4. The number of aryl methyl sites for hydroxylation is 1. The number of nitrogens with zero attached hydrogens (tertiary/aromatic N) is 1.